The first-order valence-corrected chi connectivity index (χ1v) is 6.62. The maximum Gasteiger partial charge on any atom is 0.360 e. The summed E-state index contributed by atoms with van der Waals surface area (Å²) in [7, 11) is 0. The van der Waals surface area contributed by atoms with Gasteiger partial charge in [-0.25, -0.2) is 9.48 Å². The molecule has 106 valence electrons. The van der Waals surface area contributed by atoms with Gasteiger partial charge in [-0.3, -0.25) is 4.98 Å². The van der Waals surface area contributed by atoms with Crippen LogP contribution in [0.4, 0.5) is 0 Å². The first kappa shape index (κ1) is 14.2. The van der Waals surface area contributed by atoms with E-state index in [2.05, 4.69) is 15.3 Å². The molecule has 0 bridgehead atoms. The third-order valence-electron chi connectivity index (χ3n) is 2.84. The fourth-order valence-electron chi connectivity index (χ4n) is 2.02. The van der Waals surface area contributed by atoms with Crippen molar-refractivity contribution in [2.24, 2.45) is 0 Å². The molecule has 0 saturated heterocycles. The van der Waals surface area contributed by atoms with Crippen LogP contribution in [0.3, 0.4) is 0 Å². The van der Waals surface area contributed by atoms with E-state index in [0.29, 0.717) is 18.8 Å². The number of esters is 1. The van der Waals surface area contributed by atoms with Gasteiger partial charge in [-0.15, -0.1) is 5.10 Å². The van der Waals surface area contributed by atoms with Crippen LogP contribution in [0.1, 0.15) is 48.4 Å². The van der Waals surface area contributed by atoms with Crippen molar-refractivity contribution in [1.29, 1.82) is 0 Å². The third-order valence-corrected chi connectivity index (χ3v) is 2.84. The van der Waals surface area contributed by atoms with Crippen molar-refractivity contribution >= 4 is 5.97 Å². The topological polar surface area (TPSA) is 69.9 Å². The lowest BCUT2D eigenvalue weighted by Gasteiger charge is -2.10. The van der Waals surface area contributed by atoms with E-state index in [0.717, 1.165) is 11.3 Å². The molecule has 6 heteroatoms. The van der Waals surface area contributed by atoms with Crippen LogP contribution in [-0.2, 0) is 11.3 Å². The molecule has 6 nitrogen and oxygen atoms in total. The minimum absolute atomic E-state index is 0.126. The first-order valence-electron chi connectivity index (χ1n) is 6.62. The van der Waals surface area contributed by atoms with E-state index < -0.39 is 5.97 Å². The average Bonchev–Trinajstić information content (AvgIpc) is 2.84. The second-order valence-corrected chi connectivity index (χ2v) is 4.72. The van der Waals surface area contributed by atoms with Gasteiger partial charge in [-0.05, 0) is 24.5 Å². The second-order valence-electron chi connectivity index (χ2n) is 4.72. The molecule has 0 spiro atoms. The summed E-state index contributed by atoms with van der Waals surface area (Å²) in [5, 5.41) is 8.04. The van der Waals surface area contributed by atoms with E-state index in [1.807, 2.05) is 26.0 Å². The molecule has 0 aliphatic rings. The predicted molar refractivity (Wildman–Crippen MR) is 73.4 cm³/mol. The van der Waals surface area contributed by atoms with Crippen molar-refractivity contribution in [2.45, 2.75) is 33.2 Å². The maximum absolute atomic E-state index is 11.9. The molecular weight excluding hydrogens is 256 g/mol. The highest BCUT2D eigenvalue weighted by Gasteiger charge is 2.23. The fraction of sp³-hybridized carbons (Fsp3) is 0.429. The van der Waals surface area contributed by atoms with Crippen molar-refractivity contribution in [2.75, 3.05) is 6.61 Å². The zero-order chi connectivity index (χ0) is 14.5. The monoisotopic (exact) mass is 274 g/mol. The number of rotatable bonds is 5. The minimum atomic E-state index is -0.423. The lowest BCUT2D eigenvalue weighted by Crippen LogP contribution is -2.13. The third kappa shape index (κ3) is 3.01. The first-order chi connectivity index (χ1) is 9.63. The van der Waals surface area contributed by atoms with Gasteiger partial charge < -0.3 is 4.74 Å². The van der Waals surface area contributed by atoms with Crippen LogP contribution in [0.5, 0.6) is 0 Å². The van der Waals surface area contributed by atoms with Gasteiger partial charge in [0.1, 0.15) is 0 Å². The highest BCUT2D eigenvalue weighted by atomic mass is 16.5. The number of hydrogen-bond donors (Lipinski definition) is 0. The van der Waals surface area contributed by atoms with Gasteiger partial charge in [0.15, 0.2) is 5.69 Å². The Bertz CT molecular complexity index is 578. The van der Waals surface area contributed by atoms with Gasteiger partial charge in [0.05, 0.1) is 18.8 Å². The zero-order valence-electron chi connectivity index (χ0n) is 11.9. The summed E-state index contributed by atoms with van der Waals surface area (Å²) in [5.41, 5.74) is 2.09. The number of ether oxygens (including phenoxy) is 1. The molecule has 0 atom stereocenters. The molecular formula is C14H18N4O2. The van der Waals surface area contributed by atoms with Gasteiger partial charge in [-0.1, -0.05) is 25.1 Å². The van der Waals surface area contributed by atoms with Gasteiger partial charge in [-0.2, -0.15) is 0 Å². The van der Waals surface area contributed by atoms with Crippen molar-refractivity contribution in [3.63, 3.8) is 0 Å². The van der Waals surface area contributed by atoms with E-state index in [9.17, 15) is 4.79 Å². The van der Waals surface area contributed by atoms with Crippen LogP contribution < -0.4 is 0 Å². The molecule has 0 aromatic carbocycles. The van der Waals surface area contributed by atoms with Crippen molar-refractivity contribution < 1.29 is 9.53 Å². The van der Waals surface area contributed by atoms with Gasteiger partial charge in [0, 0.05) is 12.4 Å². The molecule has 0 radical (unpaired) electrons. The quantitative estimate of drug-likeness (QED) is 0.780. The summed E-state index contributed by atoms with van der Waals surface area (Å²) in [6, 6.07) is 3.83. The molecule has 2 rings (SSSR count). The van der Waals surface area contributed by atoms with Crippen LogP contribution in [0.25, 0.3) is 0 Å². The number of carbonyl (C=O) groups is 1. The molecule has 2 aromatic rings. The van der Waals surface area contributed by atoms with E-state index in [-0.39, 0.29) is 5.92 Å². The molecule has 0 aliphatic heterocycles. The highest BCUT2D eigenvalue weighted by Crippen LogP contribution is 2.19. The standard InChI is InChI=1S/C14H18N4O2/c1-4-20-14(19)12-13(10(2)3)18(17-16-12)9-11-6-5-7-15-8-11/h5-8,10H,4,9H2,1-3H3. The molecule has 0 saturated carbocycles. The Hall–Kier alpha value is -2.24. The Morgan fingerprint density at radius 3 is 2.85 bits per heavy atom. The largest absolute Gasteiger partial charge is 0.461 e. The van der Waals surface area contributed by atoms with Crippen molar-refractivity contribution in [3.8, 4) is 0 Å². The molecule has 0 unspecified atom stereocenters. The molecule has 0 amide bonds. The maximum atomic E-state index is 11.9. The average molecular weight is 274 g/mol. The Morgan fingerprint density at radius 1 is 1.45 bits per heavy atom. The highest BCUT2D eigenvalue weighted by molar-refractivity contribution is 5.88. The molecule has 0 fully saturated rings. The minimum Gasteiger partial charge on any atom is -0.461 e. The van der Waals surface area contributed by atoms with Crippen molar-refractivity contribution in [3.05, 3.63) is 41.5 Å². The summed E-state index contributed by atoms with van der Waals surface area (Å²) in [6.45, 7) is 6.63. The van der Waals surface area contributed by atoms with E-state index in [1.165, 1.54) is 0 Å². The fourth-order valence-corrected chi connectivity index (χ4v) is 2.02. The molecule has 0 aliphatic carbocycles. The lowest BCUT2D eigenvalue weighted by molar-refractivity contribution is 0.0517. The molecule has 0 N–H and O–H groups in total. The Morgan fingerprint density at radius 2 is 2.25 bits per heavy atom. The summed E-state index contributed by atoms with van der Waals surface area (Å²) < 4.78 is 6.75. The second kappa shape index (κ2) is 6.27. The normalized spacial score (nSPS) is 10.8. The molecule has 20 heavy (non-hydrogen) atoms. The summed E-state index contributed by atoms with van der Waals surface area (Å²) >= 11 is 0. The Kier molecular flexibility index (Phi) is 4.45. The van der Waals surface area contributed by atoms with E-state index in [1.54, 1.807) is 24.0 Å². The lowest BCUT2D eigenvalue weighted by atomic mass is 10.1. The van der Waals surface area contributed by atoms with E-state index >= 15 is 0 Å². The van der Waals surface area contributed by atoms with Gasteiger partial charge in [0.2, 0.25) is 0 Å². The van der Waals surface area contributed by atoms with Crippen LogP contribution >= 0.6 is 0 Å². The smallest absolute Gasteiger partial charge is 0.360 e. The molecule has 2 heterocycles. The number of nitrogens with zero attached hydrogens (tertiary/aromatic N) is 4. The Labute approximate surface area is 117 Å². The van der Waals surface area contributed by atoms with Crippen LogP contribution in [-0.4, -0.2) is 32.6 Å². The summed E-state index contributed by atoms with van der Waals surface area (Å²) in [6.07, 6.45) is 3.49. The number of hydrogen-bond acceptors (Lipinski definition) is 5. The molecule has 2 aromatic heterocycles. The predicted octanol–water partition coefficient (Wildman–Crippen LogP) is 2.02. The zero-order valence-corrected chi connectivity index (χ0v) is 11.9. The SMILES string of the molecule is CCOC(=O)c1nnn(Cc2cccnc2)c1C(C)C. The van der Waals surface area contributed by atoms with E-state index in [4.69, 9.17) is 4.74 Å². The van der Waals surface area contributed by atoms with Crippen LogP contribution in [0.2, 0.25) is 0 Å². The van der Waals surface area contributed by atoms with Crippen molar-refractivity contribution in [1.82, 2.24) is 20.0 Å². The van der Waals surface area contributed by atoms with Crippen LogP contribution in [0.15, 0.2) is 24.5 Å². The summed E-state index contributed by atoms with van der Waals surface area (Å²) in [4.78, 5) is 16.0. The number of carbonyl (C=O) groups excluding carboxylic acids is 1. The Balaban J connectivity index is 2.32. The van der Waals surface area contributed by atoms with Crippen LogP contribution in [0, 0.1) is 0 Å². The number of pyridine rings is 1. The van der Waals surface area contributed by atoms with Gasteiger partial charge in [0.25, 0.3) is 0 Å². The van der Waals surface area contributed by atoms with Gasteiger partial charge >= 0.3 is 5.97 Å². The number of aromatic nitrogens is 4. The summed E-state index contributed by atoms with van der Waals surface area (Å²) in [5.74, 6) is -0.297.